The van der Waals surface area contributed by atoms with Crippen LogP contribution in [0.25, 0.3) is 0 Å². The molecule has 2 atom stereocenters. The third-order valence-corrected chi connectivity index (χ3v) is 6.83. The first-order valence-electron chi connectivity index (χ1n) is 13.3. The molecule has 0 aromatic heterocycles. The third kappa shape index (κ3) is 9.07. The highest BCUT2D eigenvalue weighted by Crippen LogP contribution is 2.28. The second-order valence-electron chi connectivity index (χ2n) is 9.42. The summed E-state index contributed by atoms with van der Waals surface area (Å²) in [6, 6.07) is 29.6. The van der Waals surface area contributed by atoms with E-state index in [1.165, 1.54) is 12.3 Å². The second-order valence-corrected chi connectivity index (χ2v) is 10.3. The highest BCUT2D eigenvalue weighted by Gasteiger charge is 2.25. The number of nitrogens with zero attached hydrogens (tertiary/aromatic N) is 2. The molecule has 0 unspecified atom stereocenters. The highest BCUT2D eigenvalue weighted by molar-refractivity contribution is 6.35. The molecule has 10 heteroatoms. The molecule has 0 aliphatic rings. The van der Waals surface area contributed by atoms with Gasteiger partial charge in [-0.1, -0.05) is 83.9 Å². The van der Waals surface area contributed by atoms with Crippen molar-refractivity contribution in [3.63, 3.8) is 0 Å². The highest BCUT2D eigenvalue weighted by atomic mass is 35.5. The van der Waals surface area contributed by atoms with Gasteiger partial charge in [0.15, 0.2) is 6.10 Å². The Labute approximate surface area is 259 Å². The van der Waals surface area contributed by atoms with Crippen LogP contribution in [-0.4, -0.2) is 30.2 Å². The molecule has 43 heavy (non-hydrogen) atoms. The van der Waals surface area contributed by atoms with Crippen molar-refractivity contribution in [2.45, 2.75) is 32.1 Å². The van der Waals surface area contributed by atoms with E-state index in [2.05, 4.69) is 21.9 Å². The molecule has 0 fully saturated rings. The summed E-state index contributed by atoms with van der Waals surface area (Å²) in [6.45, 7) is 1.75. The van der Waals surface area contributed by atoms with Crippen LogP contribution in [0.15, 0.2) is 102 Å². The van der Waals surface area contributed by atoms with Crippen LogP contribution in [0.2, 0.25) is 10.0 Å². The van der Waals surface area contributed by atoms with Crippen molar-refractivity contribution in [2.24, 2.45) is 5.10 Å². The van der Waals surface area contributed by atoms with Crippen LogP contribution in [0.3, 0.4) is 0 Å². The number of nitrogens with one attached hydrogen (secondary N) is 2. The molecule has 0 radical (unpaired) electrons. The fourth-order valence-corrected chi connectivity index (χ4v) is 4.49. The van der Waals surface area contributed by atoms with Crippen molar-refractivity contribution in [3.05, 3.63) is 129 Å². The molecular weight excluding hydrogens is 587 g/mol. The van der Waals surface area contributed by atoms with Crippen LogP contribution in [0.5, 0.6) is 11.5 Å². The van der Waals surface area contributed by atoms with Gasteiger partial charge in [0.2, 0.25) is 0 Å². The van der Waals surface area contributed by atoms with Crippen molar-refractivity contribution in [1.29, 1.82) is 5.26 Å². The Bertz CT molecular complexity index is 1640. The number of para-hydroxylation sites is 1. The van der Waals surface area contributed by atoms with Crippen LogP contribution in [-0.2, 0) is 22.6 Å². The smallest absolute Gasteiger partial charge is 0.262 e. The van der Waals surface area contributed by atoms with Crippen molar-refractivity contribution in [3.8, 4) is 17.6 Å². The number of hydrazone groups is 1. The minimum Gasteiger partial charge on any atom is -0.488 e. The number of carbonyl (C=O) groups is 2. The molecule has 0 bridgehead atoms. The number of halogens is 2. The average molecular weight is 616 g/mol. The Morgan fingerprint density at radius 1 is 0.930 bits per heavy atom. The van der Waals surface area contributed by atoms with Crippen molar-refractivity contribution < 1.29 is 19.1 Å². The molecule has 0 aliphatic heterocycles. The van der Waals surface area contributed by atoms with Gasteiger partial charge >= 0.3 is 0 Å². The molecule has 4 aromatic rings. The van der Waals surface area contributed by atoms with Gasteiger partial charge in [-0.25, -0.2) is 5.43 Å². The Balaban J connectivity index is 1.43. The van der Waals surface area contributed by atoms with E-state index in [1.807, 2.05) is 54.6 Å². The quantitative estimate of drug-likeness (QED) is 0.148. The first-order chi connectivity index (χ1) is 20.8. The van der Waals surface area contributed by atoms with Crippen molar-refractivity contribution >= 4 is 41.2 Å². The number of hydrogen-bond acceptors (Lipinski definition) is 6. The van der Waals surface area contributed by atoms with Crippen LogP contribution < -0.4 is 20.2 Å². The van der Waals surface area contributed by atoms with Gasteiger partial charge in [0, 0.05) is 22.6 Å². The van der Waals surface area contributed by atoms with Crippen LogP contribution in [0, 0.1) is 11.3 Å². The predicted molar refractivity (Wildman–Crippen MR) is 166 cm³/mol. The van der Waals surface area contributed by atoms with Gasteiger partial charge in [0.1, 0.15) is 24.1 Å². The molecular formula is C33H28Cl2N4O4. The van der Waals surface area contributed by atoms with E-state index in [0.717, 1.165) is 11.1 Å². The summed E-state index contributed by atoms with van der Waals surface area (Å²) in [4.78, 5) is 26.3. The topological polar surface area (TPSA) is 113 Å². The summed E-state index contributed by atoms with van der Waals surface area (Å²) < 4.78 is 11.7. The largest absolute Gasteiger partial charge is 0.488 e. The van der Waals surface area contributed by atoms with E-state index in [0.29, 0.717) is 27.6 Å². The lowest BCUT2D eigenvalue weighted by molar-refractivity contribution is -0.132. The minimum atomic E-state index is -0.955. The Kier molecular flexibility index (Phi) is 11.1. The molecule has 0 spiro atoms. The molecule has 2 N–H and O–H groups in total. The zero-order valence-electron chi connectivity index (χ0n) is 23.2. The number of ether oxygens (including phenoxy) is 2. The van der Waals surface area contributed by atoms with E-state index in [-0.39, 0.29) is 18.1 Å². The Hall–Kier alpha value is -4.84. The monoisotopic (exact) mass is 614 g/mol. The summed E-state index contributed by atoms with van der Waals surface area (Å²) in [5.41, 5.74) is 5.26. The van der Waals surface area contributed by atoms with Gasteiger partial charge in [-0.3, -0.25) is 9.59 Å². The lowest BCUT2D eigenvalue weighted by Gasteiger charge is -2.21. The SMILES string of the molecule is C[C@@H](Oc1ccc(Cl)cc1Cl)C(=O)N[C@H](Cc1ccccc1)C(=O)N/N=C\c1ccccc1OCc1ccccc1C#N. The molecule has 0 saturated carbocycles. The molecule has 0 heterocycles. The first kappa shape index (κ1) is 31.1. The maximum atomic E-state index is 13.2. The van der Waals surface area contributed by atoms with Gasteiger partial charge in [-0.15, -0.1) is 0 Å². The van der Waals surface area contributed by atoms with E-state index in [4.69, 9.17) is 32.7 Å². The first-order valence-corrected chi connectivity index (χ1v) is 14.1. The van der Waals surface area contributed by atoms with E-state index in [1.54, 1.807) is 43.3 Å². The molecule has 8 nitrogen and oxygen atoms in total. The van der Waals surface area contributed by atoms with Crippen LogP contribution >= 0.6 is 23.2 Å². The predicted octanol–water partition coefficient (Wildman–Crippen LogP) is 6.09. The van der Waals surface area contributed by atoms with Gasteiger partial charge in [0.25, 0.3) is 11.8 Å². The van der Waals surface area contributed by atoms with Gasteiger partial charge in [-0.05, 0) is 48.9 Å². The normalized spacial score (nSPS) is 12.1. The van der Waals surface area contributed by atoms with E-state index in [9.17, 15) is 14.9 Å². The van der Waals surface area contributed by atoms with Crippen LogP contribution in [0.4, 0.5) is 0 Å². The maximum Gasteiger partial charge on any atom is 0.262 e. The number of benzene rings is 4. The average Bonchev–Trinajstić information content (AvgIpc) is 3.02. The van der Waals surface area contributed by atoms with Crippen LogP contribution in [0.1, 0.15) is 29.2 Å². The number of hydrogen-bond donors (Lipinski definition) is 2. The fourth-order valence-electron chi connectivity index (χ4n) is 4.04. The summed E-state index contributed by atoms with van der Waals surface area (Å²) in [7, 11) is 0. The van der Waals surface area contributed by atoms with Crippen molar-refractivity contribution in [1.82, 2.24) is 10.7 Å². The summed E-state index contributed by atoms with van der Waals surface area (Å²) >= 11 is 12.1. The fraction of sp³-hybridized carbons (Fsp3) is 0.152. The lowest BCUT2D eigenvalue weighted by atomic mass is 10.1. The molecule has 218 valence electrons. The maximum absolute atomic E-state index is 13.2. The number of rotatable bonds is 12. The molecule has 4 aromatic carbocycles. The Morgan fingerprint density at radius 3 is 2.42 bits per heavy atom. The van der Waals surface area contributed by atoms with Gasteiger partial charge in [0.05, 0.1) is 22.9 Å². The number of nitriles is 1. The molecule has 2 amide bonds. The number of amides is 2. The molecule has 0 aliphatic carbocycles. The lowest BCUT2D eigenvalue weighted by Crippen LogP contribution is -2.50. The third-order valence-electron chi connectivity index (χ3n) is 6.30. The molecule has 0 saturated heterocycles. The summed E-state index contributed by atoms with van der Waals surface area (Å²) in [5, 5.41) is 16.9. The van der Waals surface area contributed by atoms with Crippen molar-refractivity contribution in [2.75, 3.05) is 0 Å². The zero-order chi connectivity index (χ0) is 30.6. The molecule has 4 rings (SSSR count). The zero-order valence-corrected chi connectivity index (χ0v) is 24.7. The summed E-state index contributed by atoms with van der Waals surface area (Å²) in [5.74, 6) is -0.220. The van der Waals surface area contributed by atoms with E-state index >= 15 is 0 Å². The van der Waals surface area contributed by atoms with Gasteiger partial charge in [-0.2, -0.15) is 10.4 Å². The number of carbonyl (C=O) groups excluding carboxylic acids is 2. The standard InChI is InChI=1S/C33H28Cl2N4O4/c1-22(43-31-16-15-27(34)18-28(31)35)32(40)38-29(17-23-9-3-2-4-10-23)33(41)39-37-20-25-12-7-8-14-30(25)42-21-26-13-6-5-11-24(26)19-36/h2-16,18,20,22,29H,17,21H2,1H3,(H,38,40)(H,39,41)/b37-20-/t22-,29-/m1/s1. The second kappa shape index (κ2) is 15.4. The summed E-state index contributed by atoms with van der Waals surface area (Å²) in [6.07, 6.45) is 0.725. The van der Waals surface area contributed by atoms with Gasteiger partial charge < -0.3 is 14.8 Å². The minimum absolute atomic E-state index is 0.188. The Morgan fingerprint density at radius 2 is 1.65 bits per heavy atom. The van der Waals surface area contributed by atoms with E-state index < -0.39 is 24.0 Å².